The lowest BCUT2D eigenvalue weighted by molar-refractivity contribution is 0.988. The molecular formula is C11H10N4. The number of rotatable bonds is 1. The summed E-state index contributed by atoms with van der Waals surface area (Å²) in [7, 11) is 0. The van der Waals surface area contributed by atoms with Crippen molar-refractivity contribution < 1.29 is 0 Å². The maximum atomic E-state index is 8.87. The molecule has 0 atom stereocenters. The highest BCUT2D eigenvalue weighted by molar-refractivity contribution is 5.55. The van der Waals surface area contributed by atoms with Gasteiger partial charge in [0.05, 0.1) is 5.69 Å². The zero-order valence-electron chi connectivity index (χ0n) is 8.31. The van der Waals surface area contributed by atoms with Gasteiger partial charge in [-0.1, -0.05) is 0 Å². The van der Waals surface area contributed by atoms with Crippen molar-refractivity contribution in [3.05, 3.63) is 41.9 Å². The quantitative estimate of drug-likeness (QED) is 0.757. The van der Waals surface area contributed by atoms with Crippen molar-refractivity contribution in [3.8, 4) is 11.9 Å². The summed E-state index contributed by atoms with van der Waals surface area (Å²) in [6.45, 7) is 1.92. The van der Waals surface area contributed by atoms with Crippen LogP contribution in [-0.2, 0) is 0 Å². The van der Waals surface area contributed by atoms with Crippen LogP contribution in [0.2, 0.25) is 0 Å². The SMILES string of the molecule is Cc1cnc(-n2cccc2C#N)c(N)c1. The highest BCUT2D eigenvalue weighted by Gasteiger charge is 2.06. The van der Waals surface area contributed by atoms with Gasteiger partial charge in [0.2, 0.25) is 0 Å². The molecule has 0 aliphatic carbocycles. The van der Waals surface area contributed by atoms with E-state index in [1.54, 1.807) is 29.1 Å². The highest BCUT2D eigenvalue weighted by atomic mass is 15.1. The van der Waals surface area contributed by atoms with Crippen molar-refractivity contribution in [2.75, 3.05) is 5.73 Å². The summed E-state index contributed by atoms with van der Waals surface area (Å²) in [5.41, 5.74) is 7.94. The minimum absolute atomic E-state index is 0.526. The first kappa shape index (κ1) is 9.28. The Morgan fingerprint density at radius 1 is 1.53 bits per heavy atom. The molecule has 0 fully saturated rings. The first-order valence-corrected chi connectivity index (χ1v) is 4.52. The molecule has 74 valence electrons. The largest absolute Gasteiger partial charge is 0.396 e. The average Bonchev–Trinajstić information content (AvgIpc) is 2.65. The van der Waals surface area contributed by atoms with E-state index < -0.39 is 0 Å². The predicted molar refractivity (Wildman–Crippen MR) is 57.4 cm³/mol. The topological polar surface area (TPSA) is 67.6 Å². The minimum Gasteiger partial charge on any atom is -0.396 e. The molecule has 0 amide bonds. The summed E-state index contributed by atoms with van der Waals surface area (Å²) >= 11 is 0. The van der Waals surface area contributed by atoms with Gasteiger partial charge in [-0.3, -0.25) is 4.57 Å². The van der Waals surface area contributed by atoms with Crippen LogP contribution in [0.15, 0.2) is 30.6 Å². The first-order valence-electron chi connectivity index (χ1n) is 4.52. The number of aryl methyl sites for hydroxylation is 1. The van der Waals surface area contributed by atoms with Gasteiger partial charge in [-0.2, -0.15) is 5.26 Å². The van der Waals surface area contributed by atoms with Gasteiger partial charge in [-0.15, -0.1) is 0 Å². The number of hydrogen-bond acceptors (Lipinski definition) is 3. The second kappa shape index (κ2) is 3.46. The third kappa shape index (κ3) is 1.55. The Balaban J connectivity index is 2.60. The average molecular weight is 198 g/mol. The Morgan fingerprint density at radius 3 is 3.00 bits per heavy atom. The lowest BCUT2D eigenvalue weighted by atomic mass is 10.3. The standard InChI is InChI=1S/C11H10N4/c1-8-5-10(13)11(14-7-8)15-4-2-3-9(15)6-12/h2-5,7H,13H2,1H3. The summed E-state index contributed by atoms with van der Waals surface area (Å²) in [6, 6.07) is 7.43. The zero-order valence-corrected chi connectivity index (χ0v) is 8.31. The Morgan fingerprint density at radius 2 is 2.33 bits per heavy atom. The molecule has 0 bridgehead atoms. The van der Waals surface area contributed by atoms with E-state index in [9.17, 15) is 0 Å². The number of aromatic nitrogens is 2. The van der Waals surface area contributed by atoms with Crippen LogP contribution in [0.4, 0.5) is 5.69 Å². The van der Waals surface area contributed by atoms with Crippen molar-refractivity contribution in [1.82, 2.24) is 9.55 Å². The van der Waals surface area contributed by atoms with Crippen LogP contribution in [0.1, 0.15) is 11.3 Å². The second-order valence-electron chi connectivity index (χ2n) is 3.30. The smallest absolute Gasteiger partial charge is 0.160 e. The number of nitrogens with two attached hydrogens (primary N) is 1. The summed E-state index contributed by atoms with van der Waals surface area (Å²) in [5, 5.41) is 8.87. The van der Waals surface area contributed by atoms with E-state index in [4.69, 9.17) is 11.0 Å². The van der Waals surface area contributed by atoms with Gasteiger partial charge in [0.15, 0.2) is 5.82 Å². The Kier molecular flexibility index (Phi) is 2.14. The molecule has 0 aliphatic heterocycles. The number of nitrogen functional groups attached to an aromatic ring is 1. The van der Waals surface area contributed by atoms with E-state index in [-0.39, 0.29) is 0 Å². The lowest BCUT2D eigenvalue weighted by Gasteiger charge is -2.07. The molecule has 0 aromatic carbocycles. The fraction of sp³-hybridized carbons (Fsp3) is 0.0909. The van der Waals surface area contributed by atoms with Crippen molar-refractivity contribution in [3.63, 3.8) is 0 Å². The van der Waals surface area contributed by atoms with Gasteiger partial charge >= 0.3 is 0 Å². The fourth-order valence-corrected chi connectivity index (χ4v) is 1.44. The fourth-order valence-electron chi connectivity index (χ4n) is 1.44. The monoisotopic (exact) mass is 198 g/mol. The molecule has 4 nitrogen and oxygen atoms in total. The summed E-state index contributed by atoms with van der Waals surface area (Å²) in [5.74, 6) is 0.599. The number of anilines is 1. The van der Waals surface area contributed by atoms with Crippen molar-refractivity contribution >= 4 is 5.69 Å². The third-order valence-corrected chi connectivity index (χ3v) is 2.12. The number of nitriles is 1. The van der Waals surface area contributed by atoms with Crippen LogP contribution in [0.5, 0.6) is 0 Å². The van der Waals surface area contributed by atoms with Gasteiger partial charge < -0.3 is 5.73 Å². The second-order valence-corrected chi connectivity index (χ2v) is 3.30. The van der Waals surface area contributed by atoms with E-state index in [1.807, 2.05) is 13.0 Å². The van der Waals surface area contributed by atoms with Gasteiger partial charge in [0.1, 0.15) is 11.8 Å². The number of nitrogens with zero attached hydrogens (tertiary/aromatic N) is 3. The molecule has 0 radical (unpaired) electrons. The molecule has 2 N–H and O–H groups in total. The van der Waals surface area contributed by atoms with E-state index in [1.165, 1.54) is 0 Å². The van der Waals surface area contributed by atoms with Gasteiger partial charge in [-0.05, 0) is 30.7 Å². The predicted octanol–water partition coefficient (Wildman–Crippen LogP) is 1.63. The van der Waals surface area contributed by atoms with Crippen molar-refractivity contribution in [2.24, 2.45) is 0 Å². The van der Waals surface area contributed by atoms with E-state index in [2.05, 4.69) is 11.1 Å². The molecule has 0 aliphatic rings. The van der Waals surface area contributed by atoms with E-state index in [0.717, 1.165) is 5.56 Å². The Bertz CT molecular complexity index is 534. The highest BCUT2D eigenvalue weighted by Crippen LogP contribution is 2.17. The molecule has 0 saturated carbocycles. The molecule has 0 saturated heterocycles. The molecule has 0 spiro atoms. The maximum absolute atomic E-state index is 8.87. The molecule has 2 heterocycles. The van der Waals surface area contributed by atoms with Crippen molar-refractivity contribution in [2.45, 2.75) is 6.92 Å². The molecule has 2 rings (SSSR count). The van der Waals surface area contributed by atoms with E-state index >= 15 is 0 Å². The van der Waals surface area contributed by atoms with E-state index in [0.29, 0.717) is 17.2 Å². The summed E-state index contributed by atoms with van der Waals surface area (Å²) in [6.07, 6.45) is 3.50. The third-order valence-electron chi connectivity index (χ3n) is 2.12. The van der Waals surface area contributed by atoms with Gasteiger partial charge in [-0.25, -0.2) is 4.98 Å². The lowest BCUT2D eigenvalue weighted by Crippen LogP contribution is -2.03. The summed E-state index contributed by atoms with van der Waals surface area (Å²) in [4.78, 5) is 4.22. The molecule has 2 aromatic rings. The molecule has 4 heteroatoms. The van der Waals surface area contributed by atoms with Crippen LogP contribution in [0.25, 0.3) is 5.82 Å². The normalized spacial score (nSPS) is 9.87. The van der Waals surface area contributed by atoms with Gasteiger partial charge in [0.25, 0.3) is 0 Å². The zero-order chi connectivity index (χ0) is 10.8. The van der Waals surface area contributed by atoms with Crippen LogP contribution in [0, 0.1) is 18.3 Å². The molecule has 0 unspecified atom stereocenters. The maximum Gasteiger partial charge on any atom is 0.160 e. The number of pyridine rings is 1. The molecule has 15 heavy (non-hydrogen) atoms. The minimum atomic E-state index is 0.526. The van der Waals surface area contributed by atoms with Crippen LogP contribution in [0.3, 0.4) is 0 Å². The Hall–Kier alpha value is -2.28. The molecular weight excluding hydrogens is 188 g/mol. The van der Waals surface area contributed by atoms with Gasteiger partial charge in [0, 0.05) is 12.4 Å². The van der Waals surface area contributed by atoms with Crippen LogP contribution in [-0.4, -0.2) is 9.55 Å². The van der Waals surface area contributed by atoms with Crippen LogP contribution < -0.4 is 5.73 Å². The first-order chi connectivity index (χ1) is 7.22. The summed E-state index contributed by atoms with van der Waals surface area (Å²) < 4.78 is 1.68. The molecule has 2 aromatic heterocycles. The van der Waals surface area contributed by atoms with Crippen LogP contribution >= 0.6 is 0 Å². The Labute approximate surface area is 87.6 Å². The number of hydrogen-bond donors (Lipinski definition) is 1. The van der Waals surface area contributed by atoms with Crippen molar-refractivity contribution in [1.29, 1.82) is 5.26 Å².